The van der Waals surface area contributed by atoms with Gasteiger partial charge in [0.1, 0.15) is 5.92 Å². The second-order valence-corrected chi connectivity index (χ2v) is 6.84. The van der Waals surface area contributed by atoms with E-state index in [2.05, 4.69) is 10.0 Å². The van der Waals surface area contributed by atoms with Gasteiger partial charge in [0.2, 0.25) is 22.0 Å². The Bertz CT molecular complexity index is 701. The van der Waals surface area contributed by atoms with E-state index in [0.717, 1.165) is 6.26 Å². The summed E-state index contributed by atoms with van der Waals surface area (Å²) < 4.78 is 24.8. The van der Waals surface area contributed by atoms with Gasteiger partial charge in [-0.1, -0.05) is 6.07 Å². The van der Waals surface area contributed by atoms with Crippen molar-refractivity contribution in [3.05, 3.63) is 33.9 Å². The van der Waals surface area contributed by atoms with Gasteiger partial charge < -0.3 is 5.32 Å². The zero-order valence-electron chi connectivity index (χ0n) is 11.5. The van der Waals surface area contributed by atoms with Gasteiger partial charge in [-0.05, 0) is 24.6 Å². The predicted octanol–water partition coefficient (Wildman–Crippen LogP) is 0.970. The number of rotatable bonds is 5. The largest absolute Gasteiger partial charge is 0.326 e. The van der Waals surface area contributed by atoms with Crippen LogP contribution in [0.1, 0.15) is 12.0 Å². The number of anilines is 2. The Morgan fingerprint density at radius 3 is 2.62 bits per heavy atom. The molecule has 0 spiro atoms. The number of sulfonamides is 1. The van der Waals surface area contributed by atoms with Crippen molar-refractivity contribution in [1.82, 2.24) is 0 Å². The van der Waals surface area contributed by atoms with Crippen molar-refractivity contribution in [2.75, 3.05) is 16.3 Å². The minimum Gasteiger partial charge on any atom is -0.326 e. The molecule has 1 amide bonds. The van der Waals surface area contributed by atoms with E-state index in [0.29, 0.717) is 16.9 Å². The molecule has 0 unspecified atom stereocenters. The lowest BCUT2D eigenvalue weighted by Crippen LogP contribution is -2.18. The first-order valence-corrected chi connectivity index (χ1v) is 8.09. The molecular weight excluding hydrogens is 298 g/mol. The van der Waals surface area contributed by atoms with Crippen molar-refractivity contribution in [3.63, 3.8) is 0 Å². The average molecular weight is 313 g/mol. The van der Waals surface area contributed by atoms with E-state index in [1.807, 2.05) is 0 Å². The maximum absolute atomic E-state index is 11.8. The monoisotopic (exact) mass is 313 g/mol. The van der Waals surface area contributed by atoms with Crippen LogP contribution in [0.2, 0.25) is 0 Å². The Kier molecular flexibility index (Phi) is 3.86. The van der Waals surface area contributed by atoms with Gasteiger partial charge in [-0.25, -0.2) is 8.42 Å². The molecule has 1 aromatic carbocycles. The molecule has 114 valence electrons. The number of amides is 1. The first-order chi connectivity index (χ1) is 9.67. The Balaban J connectivity index is 2.09. The van der Waals surface area contributed by atoms with Gasteiger partial charge in [0.25, 0.3) is 0 Å². The Morgan fingerprint density at radius 1 is 1.43 bits per heavy atom. The summed E-state index contributed by atoms with van der Waals surface area (Å²) in [5.41, 5.74) is 1.45. The van der Waals surface area contributed by atoms with Crippen molar-refractivity contribution < 1.29 is 18.1 Å². The van der Waals surface area contributed by atoms with Crippen LogP contribution in [0.3, 0.4) is 0 Å². The molecule has 2 N–H and O–H groups in total. The molecule has 0 radical (unpaired) electrons. The van der Waals surface area contributed by atoms with Gasteiger partial charge in [-0.15, -0.1) is 0 Å². The Morgan fingerprint density at radius 2 is 2.10 bits per heavy atom. The standard InChI is InChI=1S/C12H15N3O5S/c1-7-3-4-8(5-10(7)14-21(2,19)20)13-12(16)9-6-11(9)15(17)18/h3-5,9,11,14H,6H2,1-2H3,(H,13,16)/t9-,11+/m1/s1. The molecule has 1 aliphatic carbocycles. The molecule has 0 saturated heterocycles. The van der Waals surface area contributed by atoms with Crippen LogP contribution < -0.4 is 10.0 Å². The van der Waals surface area contributed by atoms with E-state index >= 15 is 0 Å². The van der Waals surface area contributed by atoms with Crippen molar-refractivity contribution in [3.8, 4) is 0 Å². The zero-order chi connectivity index (χ0) is 15.8. The molecule has 2 atom stereocenters. The minimum atomic E-state index is -3.42. The lowest BCUT2D eigenvalue weighted by atomic mass is 10.2. The van der Waals surface area contributed by atoms with Crippen LogP contribution in [0.5, 0.6) is 0 Å². The smallest absolute Gasteiger partial charge is 0.234 e. The van der Waals surface area contributed by atoms with E-state index in [1.165, 1.54) is 6.07 Å². The van der Waals surface area contributed by atoms with E-state index in [9.17, 15) is 23.3 Å². The van der Waals surface area contributed by atoms with Gasteiger partial charge in [0, 0.05) is 17.0 Å². The molecule has 21 heavy (non-hydrogen) atoms. The first-order valence-electron chi connectivity index (χ1n) is 6.20. The molecule has 0 aliphatic heterocycles. The van der Waals surface area contributed by atoms with Gasteiger partial charge in [-0.3, -0.25) is 19.6 Å². The summed E-state index contributed by atoms with van der Waals surface area (Å²) in [6, 6.07) is 3.94. The number of hydrogen-bond donors (Lipinski definition) is 2. The van der Waals surface area contributed by atoms with Gasteiger partial charge in [-0.2, -0.15) is 0 Å². The summed E-state index contributed by atoms with van der Waals surface area (Å²) in [5, 5.41) is 13.1. The number of carbonyl (C=O) groups excluding carboxylic acids is 1. The fraction of sp³-hybridized carbons (Fsp3) is 0.417. The predicted molar refractivity (Wildman–Crippen MR) is 77.2 cm³/mol. The first kappa shape index (κ1) is 15.2. The third-order valence-electron chi connectivity index (χ3n) is 3.16. The van der Waals surface area contributed by atoms with Gasteiger partial charge >= 0.3 is 0 Å². The third-order valence-corrected chi connectivity index (χ3v) is 3.76. The quantitative estimate of drug-likeness (QED) is 0.620. The lowest BCUT2D eigenvalue weighted by Gasteiger charge is -2.10. The molecular formula is C12H15N3O5S. The van der Waals surface area contributed by atoms with Crippen LogP contribution in [0.25, 0.3) is 0 Å². The van der Waals surface area contributed by atoms with Crippen molar-refractivity contribution >= 4 is 27.3 Å². The maximum atomic E-state index is 11.8. The molecule has 1 saturated carbocycles. The summed E-state index contributed by atoms with van der Waals surface area (Å²) >= 11 is 0. The van der Waals surface area contributed by atoms with Crippen molar-refractivity contribution in [2.24, 2.45) is 5.92 Å². The van der Waals surface area contributed by atoms with Gasteiger partial charge in [0.15, 0.2) is 0 Å². The van der Waals surface area contributed by atoms with Crippen LogP contribution in [0.4, 0.5) is 11.4 Å². The molecule has 1 aliphatic rings. The second kappa shape index (κ2) is 5.32. The summed E-state index contributed by atoms with van der Waals surface area (Å²) in [4.78, 5) is 21.9. The highest BCUT2D eigenvalue weighted by Crippen LogP contribution is 2.34. The van der Waals surface area contributed by atoms with E-state index in [4.69, 9.17) is 0 Å². The van der Waals surface area contributed by atoms with Crippen molar-refractivity contribution in [1.29, 1.82) is 0 Å². The maximum Gasteiger partial charge on any atom is 0.234 e. The Labute approximate surface area is 121 Å². The van der Waals surface area contributed by atoms with Crippen LogP contribution in [-0.4, -0.2) is 31.5 Å². The van der Waals surface area contributed by atoms with Crippen LogP contribution in [0, 0.1) is 23.0 Å². The molecule has 9 heteroatoms. The molecule has 0 heterocycles. The zero-order valence-corrected chi connectivity index (χ0v) is 12.3. The normalized spacial score (nSPS) is 20.7. The highest BCUT2D eigenvalue weighted by Gasteiger charge is 2.53. The molecule has 2 rings (SSSR count). The summed E-state index contributed by atoms with van der Waals surface area (Å²) in [7, 11) is -3.42. The average Bonchev–Trinajstić information content (AvgIpc) is 3.11. The van der Waals surface area contributed by atoms with Crippen LogP contribution in [-0.2, 0) is 14.8 Å². The number of nitrogens with zero attached hydrogens (tertiary/aromatic N) is 1. The summed E-state index contributed by atoms with van der Waals surface area (Å²) in [5.74, 6) is -1.04. The highest BCUT2D eigenvalue weighted by molar-refractivity contribution is 7.92. The molecule has 1 aromatic rings. The summed E-state index contributed by atoms with van der Waals surface area (Å²) in [6.07, 6.45) is 1.27. The van der Waals surface area contributed by atoms with Crippen LogP contribution >= 0.6 is 0 Å². The van der Waals surface area contributed by atoms with E-state index < -0.39 is 32.8 Å². The van der Waals surface area contributed by atoms with E-state index in [1.54, 1.807) is 19.1 Å². The highest BCUT2D eigenvalue weighted by atomic mass is 32.2. The molecule has 8 nitrogen and oxygen atoms in total. The molecule has 0 bridgehead atoms. The summed E-state index contributed by atoms with van der Waals surface area (Å²) in [6.45, 7) is 1.72. The second-order valence-electron chi connectivity index (χ2n) is 5.09. The Hall–Kier alpha value is -2.16. The number of nitro groups is 1. The fourth-order valence-electron chi connectivity index (χ4n) is 1.94. The number of benzene rings is 1. The molecule has 1 fully saturated rings. The topological polar surface area (TPSA) is 118 Å². The third kappa shape index (κ3) is 3.91. The lowest BCUT2D eigenvalue weighted by molar-refractivity contribution is -0.497. The number of hydrogen-bond acceptors (Lipinski definition) is 5. The van der Waals surface area contributed by atoms with Crippen molar-refractivity contribution in [2.45, 2.75) is 19.4 Å². The number of aryl methyl sites for hydroxylation is 1. The fourth-order valence-corrected chi connectivity index (χ4v) is 2.56. The minimum absolute atomic E-state index is 0.235. The SMILES string of the molecule is Cc1ccc(NC(=O)[C@@H]2C[C@@H]2[N+](=O)[O-])cc1NS(C)(=O)=O. The number of nitrogens with one attached hydrogen (secondary N) is 2. The van der Waals surface area contributed by atoms with E-state index in [-0.39, 0.29) is 6.42 Å². The number of carbonyl (C=O) groups is 1. The molecule has 0 aromatic heterocycles. The van der Waals surface area contributed by atoms with Crippen LogP contribution in [0.15, 0.2) is 18.2 Å². The van der Waals surface area contributed by atoms with Gasteiger partial charge in [0.05, 0.1) is 11.9 Å².